The lowest BCUT2D eigenvalue weighted by Gasteiger charge is -2.35. The molecule has 0 spiro atoms. The number of unbranched alkanes of at least 4 members (excludes halogenated alkanes) is 6. The molecule has 0 radical (unpaired) electrons. The summed E-state index contributed by atoms with van der Waals surface area (Å²) in [5.41, 5.74) is 1.27. The minimum Gasteiger partial charge on any atom is -0.466 e. The number of aromatic nitrogens is 2. The van der Waals surface area contributed by atoms with E-state index in [1.807, 2.05) is 51.9 Å². The second-order valence-electron chi connectivity index (χ2n) is 14.7. The lowest BCUT2D eigenvalue weighted by molar-refractivity contribution is -0.175. The molecule has 2 unspecified atom stereocenters. The van der Waals surface area contributed by atoms with Crippen molar-refractivity contribution in [3.63, 3.8) is 0 Å². The van der Waals surface area contributed by atoms with Gasteiger partial charge in [0.2, 0.25) is 5.60 Å². The van der Waals surface area contributed by atoms with Crippen LogP contribution in [0.2, 0.25) is 0 Å². The van der Waals surface area contributed by atoms with E-state index in [1.54, 1.807) is 17.6 Å². The van der Waals surface area contributed by atoms with Crippen LogP contribution < -0.4 is 5.56 Å². The zero-order chi connectivity index (χ0) is 40.6. The molecule has 6 rings (SSSR count). The first kappa shape index (κ1) is 43.9. The zero-order valence-corrected chi connectivity index (χ0v) is 35.1. The van der Waals surface area contributed by atoms with E-state index in [2.05, 4.69) is 0 Å². The van der Waals surface area contributed by atoms with Crippen molar-refractivity contribution in [3.8, 4) is 11.4 Å². The monoisotopic (exact) mass is 840 g/mol. The lowest BCUT2D eigenvalue weighted by Crippen LogP contribution is -2.47. The highest BCUT2D eigenvalue weighted by Gasteiger charge is 2.51. The summed E-state index contributed by atoms with van der Waals surface area (Å²) in [6, 6.07) is 11.5. The normalized spacial score (nSPS) is 18.1. The summed E-state index contributed by atoms with van der Waals surface area (Å²) in [5.74, 6) is 0.441. The van der Waals surface area contributed by atoms with Gasteiger partial charge in [0.1, 0.15) is 13.2 Å². The van der Waals surface area contributed by atoms with Gasteiger partial charge in [0.05, 0.1) is 68.7 Å². The van der Waals surface area contributed by atoms with Crippen LogP contribution >= 0.6 is 21.6 Å². The van der Waals surface area contributed by atoms with Gasteiger partial charge < -0.3 is 37.7 Å². The minimum atomic E-state index is -1.85. The molecule has 2 atom stereocenters. The number of carbonyl (C=O) groups excluding carboxylic acids is 3. The Morgan fingerprint density at radius 2 is 1.59 bits per heavy atom. The molecular weight excluding hydrogens is 785 g/mol. The van der Waals surface area contributed by atoms with E-state index < -0.39 is 17.7 Å². The Morgan fingerprint density at radius 1 is 0.862 bits per heavy atom. The Kier molecular flexibility index (Phi) is 17.2. The number of esters is 2. The summed E-state index contributed by atoms with van der Waals surface area (Å²) in [4.78, 5) is 56.6. The van der Waals surface area contributed by atoms with Gasteiger partial charge in [-0.15, -0.1) is 0 Å². The molecule has 316 valence electrons. The smallest absolute Gasteiger partial charge is 0.466 e. The van der Waals surface area contributed by atoms with Gasteiger partial charge in [-0.25, -0.2) is 14.6 Å². The number of cyclic esters (lactones) is 1. The highest BCUT2D eigenvalue weighted by atomic mass is 33.1. The van der Waals surface area contributed by atoms with Gasteiger partial charge in [-0.2, -0.15) is 0 Å². The predicted octanol–water partition coefficient (Wildman–Crippen LogP) is 7.89. The molecule has 2 aromatic heterocycles. The average Bonchev–Trinajstić information content (AvgIpc) is 3.89. The standard InChI is InChI=1S/C43H56N2O11S2/c1-2-43(35-28-37-39-32(27-31-13-7-9-15-36(31)44-39)29-45(37)40(47)34(35)30-55-41(43)48)56-42(49)54-25-24-52-23-22-51-21-20-50-18-11-5-3-4-6-12-19-53-38(46)16-10-8-14-33-17-26-57-58-33/h7,9,13,15,27-28,33H,2-6,8,10-12,14,16-26,29-30H2,1H3. The summed E-state index contributed by atoms with van der Waals surface area (Å²) in [5, 5.41) is 1.74. The molecule has 3 aliphatic heterocycles. The largest absolute Gasteiger partial charge is 0.509 e. The number of pyridine rings is 2. The SMILES string of the molecule is CCC1(OC(=O)OCCOCCOCCOCCCCCCCCOC(=O)CCCCC2CCSS2)C(=O)OCc2c1cc1n(c2=O)Cc2cc3ccccc3nc2-1. The van der Waals surface area contributed by atoms with Crippen molar-refractivity contribution in [1.29, 1.82) is 0 Å². The molecule has 1 aromatic carbocycles. The van der Waals surface area contributed by atoms with Crippen molar-refractivity contribution in [3.05, 3.63) is 63.4 Å². The molecule has 3 aliphatic rings. The van der Waals surface area contributed by atoms with Crippen molar-refractivity contribution < 1.29 is 47.5 Å². The predicted molar refractivity (Wildman–Crippen MR) is 223 cm³/mol. The Balaban J connectivity index is 0.780. The third-order valence-corrected chi connectivity index (χ3v) is 13.7. The van der Waals surface area contributed by atoms with Crippen LogP contribution in [0, 0.1) is 0 Å². The van der Waals surface area contributed by atoms with Crippen LogP contribution in [-0.2, 0) is 61.5 Å². The van der Waals surface area contributed by atoms with Gasteiger partial charge in [0, 0.05) is 40.5 Å². The van der Waals surface area contributed by atoms with Crippen molar-refractivity contribution >= 4 is 50.6 Å². The maximum absolute atomic E-state index is 13.7. The van der Waals surface area contributed by atoms with Crippen molar-refractivity contribution in [2.45, 2.75) is 108 Å². The molecule has 0 amide bonds. The van der Waals surface area contributed by atoms with Gasteiger partial charge in [0.25, 0.3) is 5.56 Å². The average molecular weight is 841 g/mol. The number of rotatable bonds is 25. The first-order valence-electron chi connectivity index (χ1n) is 20.8. The van der Waals surface area contributed by atoms with Gasteiger partial charge in [-0.05, 0) is 56.7 Å². The number of nitrogens with zero attached hydrogens (tertiary/aromatic N) is 2. The van der Waals surface area contributed by atoms with E-state index in [4.69, 9.17) is 38.1 Å². The van der Waals surface area contributed by atoms with Crippen LogP contribution in [-0.4, -0.2) is 91.5 Å². The van der Waals surface area contributed by atoms with Crippen LogP contribution in [0.4, 0.5) is 4.79 Å². The number of carbonyl (C=O) groups is 3. The summed E-state index contributed by atoms with van der Waals surface area (Å²) < 4.78 is 40.1. The molecule has 0 N–H and O–H groups in total. The van der Waals surface area contributed by atoms with Crippen LogP contribution in [0.5, 0.6) is 0 Å². The number of hydrogen-bond donors (Lipinski definition) is 0. The quantitative estimate of drug-likeness (QED) is 0.0275. The highest BCUT2D eigenvalue weighted by molar-refractivity contribution is 8.77. The van der Waals surface area contributed by atoms with E-state index in [9.17, 15) is 19.2 Å². The molecule has 58 heavy (non-hydrogen) atoms. The molecule has 0 bridgehead atoms. The van der Waals surface area contributed by atoms with Crippen LogP contribution in [0.1, 0.15) is 101 Å². The second-order valence-corrected chi connectivity index (χ2v) is 17.5. The van der Waals surface area contributed by atoms with Gasteiger partial charge in [-0.3, -0.25) is 9.59 Å². The fraction of sp³-hybridized carbons (Fsp3) is 0.605. The number of ether oxygens (including phenoxy) is 7. The number of para-hydroxylation sites is 1. The molecule has 1 fully saturated rings. The topological polar surface area (TPSA) is 151 Å². The second kappa shape index (κ2) is 22.7. The summed E-state index contributed by atoms with van der Waals surface area (Å²) in [7, 11) is 3.96. The van der Waals surface area contributed by atoms with Crippen LogP contribution in [0.3, 0.4) is 0 Å². The molecule has 5 heterocycles. The highest BCUT2D eigenvalue weighted by Crippen LogP contribution is 2.41. The van der Waals surface area contributed by atoms with Gasteiger partial charge >= 0.3 is 18.1 Å². The summed E-state index contributed by atoms with van der Waals surface area (Å²) in [6.07, 6.45) is 10.4. The Bertz CT molecular complexity index is 1900. The number of benzene rings is 1. The Hall–Kier alpha value is -3.63. The first-order valence-corrected chi connectivity index (χ1v) is 23.1. The van der Waals surface area contributed by atoms with Crippen LogP contribution in [0.25, 0.3) is 22.3 Å². The molecule has 13 nitrogen and oxygen atoms in total. The van der Waals surface area contributed by atoms with E-state index in [-0.39, 0.29) is 48.9 Å². The van der Waals surface area contributed by atoms with Gasteiger partial charge in [-0.1, -0.05) is 78.8 Å². The molecule has 0 saturated carbocycles. The number of hydrogen-bond acceptors (Lipinski definition) is 14. The van der Waals surface area contributed by atoms with Gasteiger partial charge in [0.15, 0.2) is 0 Å². The van der Waals surface area contributed by atoms with Crippen molar-refractivity contribution in [2.75, 3.05) is 58.6 Å². The van der Waals surface area contributed by atoms with E-state index in [0.717, 1.165) is 73.1 Å². The van der Waals surface area contributed by atoms with Crippen molar-refractivity contribution in [1.82, 2.24) is 9.55 Å². The third kappa shape index (κ3) is 11.8. The molecule has 15 heteroatoms. The van der Waals surface area contributed by atoms with E-state index in [1.165, 1.54) is 18.6 Å². The van der Waals surface area contributed by atoms with E-state index in [0.29, 0.717) is 64.0 Å². The van der Waals surface area contributed by atoms with Crippen LogP contribution in [0.15, 0.2) is 41.2 Å². The third-order valence-electron chi connectivity index (χ3n) is 10.7. The Labute approximate surface area is 347 Å². The Morgan fingerprint density at radius 3 is 2.34 bits per heavy atom. The fourth-order valence-corrected chi connectivity index (χ4v) is 10.5. The summed E-state index contributed by atoms with van der Waals surface area (Å²) in [6.45, 7) is 4.63. The maximum atomic E-state index is 13.7. The molecule has 1 saturated heterocycles. The molecule has 3 aromatic rings. The van der Waals surface area contributed by atoms with E-state index >= 15 is 0 Å². The zero-order valence-electron chi connectivity index (χ0n) is 33.5. The first-order chi connectivity index (χ1) is 28.4. The molecular formula is C43H56N2O11S2. The number of fused-ring (bicyclic) bond motifs is 5. The minimum absolute atomic E-state index is 0.0346. The molecule has 0 aliphatic carbocycles. The lowest BCUT2D eigenvalue weighted by atomic mass is 9.85. The summed E-state index contributed by atoms with van der Waals surface area (Å²) >= 11 is 0. The maximum Gasteiger partial charge on any atom is 0.509 e. The van der Waals surface area contributed by atoms with Crippen molar-refractivity contribution in [2.24, 2.45) is 0 Å². The fourth-order valence-electron chi connectivity index (χ4n) is 7.46.